The molecule has 4 heteroatoms. The maximum Gasteiger partial charge on any atom is 0.238 e. The molecule has 4 aliphatic rings. The predicted molar refractivity (Wildman–Crippen MR) is 117 cm³/mol. The van der Waals surface area contributed by atoms with E-state index in [1.807, 2.05) is 37.3 Å². The van der Waals surface area contributed by atoms with E-state index >= 15 is 0 Å². The molecule has 3 nitrogen and oxygen atoms in total. The van der Waals surface area contributed by atoms with Crippen molar-refractivity contribution >= 4 is 29.1 Å². The summed E-state index contributed by atoms with van der Waals surface area (Å²) < 4.78 is 0. The number of benzene rings is 3. The van der Waals surface area contributed by atoms with E-state index in [1.165, 1.54) is 27.2 Å². The summed E-state index contributed by atoms with van der Waals surface area (Å²) in [6, 6.07) is 22.0. The minimum atomic E-state index is -0.541. The number of carbonyl (C=O) groups is 2. The van der Waals surface area contributed by atoms with Gasteiger partial charge in [-0.05, 0) is 46.9 Å². The van der Waals surface area contributed by atoms with Gasteiger partial charge in [-0.25, -0.2) is 4.90 Å². The van der Waals surface area contributed by atoms with Gasteiger partial charge in [0.2, 0.25) is 11.8 Å². The first-order valence-electron chi connectivity index (χ1n) is 10.3. The number of hydrogen-bond acceptors (Lipinski definition) is 2. The van der Waals surface area contributed by atoms with E-state index in [4.69, 9.17) is 11.6 Å². The summed E-state index contributed by atoms with van der Waals surface area (Å²) >= 11 is 6.33. The van der Waals surface area contributed by atoms with Crippen molar-refractivity contribution in [1.82, 2.24) is 0 Å². The summed E-state index contributed by atoms with van der Waals surface area (Å²) in [6.45, 7) is 4.00. The Morgan fingerprint density at radius 2 is 1.43 bits per heavy atom. The number of rotatable bonds is 1. The topological polar surface area (TPSA) is 37.4 Å². The van der Waals surface area contributed by atoms with Crippen LogP contribution in [0.2, 0.25) is 5.02 Å². The quantitative estimate of drug-likeness (QED) is 0.513. The molecule has 0 N–H and O–H groups in total. The van der Waals surface area contributed by atoms with Gasteiger partial charge < -0.3 is 0 Å². The Bertz CT molecular complexity index is 1220. The number of nitrogens with zero attached hydrogens (tertiary/aromatic N) is 1. The van der Waals surface area contributed by atoms with Crippen molar-refractivity contribution in [3.05, 3.63) is 99.6 Å². The fraction of sp³-hybridized carbons (Fsp3) is 0.231. The lowest BCUT2D eigenvalue weighted by Gasteiger charge is -2.52. The lowest BCUT2D eigenvalue weighted by Crippen LogP contribution is -2.51. The summed E-state index contributed by atoms with van der Waals surface area (Å²) in [4.78, 5) is 29.1. The van der Waals surface area contributed by atoms with Crippen molar-refractivity contribution in [2.24, 2.45) is 11.8 Å². The molecule has 1 aliphatic heterocycles. The number of halogens is 1. The lowest BCUT2D eigenvalue weighted by molar-refractivity contribution is -0.123. The molecule has 1 fully saturated rings. The van der Waals surface area contributed by atoms with Crippen molar-refractivity contribution in [2.45, 2.75) is 25.2 Å². The largest absolute Gasteiger partial charge is 0.274 e. The van der Waals surface area contributed by atoms with E-state index in [0.29, 0.717) is 10.7 Å². The summed E-state index contributed by atoms with van der Waals surface area (Å²) in [5.74, 6) is -1.16. The molecule has 0 saturated carbocycles. The van der Waals surface area contributed by atoms with Crippen LogP contribution in [0.25, 0.3) is 0 Å². The predicted octanol–water partition coefficient (Wildman–Crippen LogP) is 5.22. The Morgan fingerprint density at radius 3 is 2.07 bits per heavy atom. The molecule has 3 aromatic carbocycles. The molecule has 2 unspecified atom stereocenters. The van der Waals surface area contributed by atoms with Gasteiger partial charge in [-0.15, -0.1) is 0 Å². The third kappa shape index (κ3) is 1.92. The van der Waals surface area contributed by atoms with Crippen LogP contribution in [0.4, 0.5) is 5.69 Å². The SMILES string of the molecule is Cc1c(Cl)cccc1N1C(=O)C2C3c4ccccc4C(C)(c4ccccc43)C2C1=O. The minimum absolute atomic E-state index is 0.106. The average molecular weight is 414 g/mol. The first-order valence-corrected chi connectivity index (χ1v) is 10.7. The maximum absolute atomic E-state index is 13.9. The lowest BCUT2D eigenvalue weighted by atomic mass is 9.48. The van der Waals surface area contributed by atoms with Gasteiger partial charge in [0.25, 0.3) is 0 Å². The van der Waals surface area contributed by atoms with Gasteiger partial charge in [-0.3, -0.25) is 9.59 Å². The molecule has 0 radical (unpaired) electrons. The van der Waals surface area contributed by atoms with E-state index in [2.05, 4.69) is 31.2 Å². The highest BCUT2D eigenvalue weighted by atomic mass is 35.5. The summed E-state index contributed by atoms with van der Waals surface area (Å²) in [6.07, 6.45) is 0. The number of carbonyl (C=O) groups excluding carboxylic acids is 2. The van der Waals surface area contributed by atoms with Gasteiger partial charge in [0.05, 0.1) is 17.5 Å². The normalized spacial score (nSPS) is 28.4. The monoisotopic (exact) mass is 413 g/mol. The van der Waals surface area contributed by atoms with Crippen molar-refractivity contribution in [3.8, 4) is 0 Å². The highest BCUT2D eigenvalue weighted by Gasteiger charge is 2.66. The molecule has 0 aromatic heterocycles. The maximum atomic E-state index is 13.9. The average Bonchev–Trinajstić information content (AvgIpc) is 3.02. The molecule has 1 heterocycles. The molecule has 3 aliphatic carbocycles. The van der Waals surface area contributed by atoms with Gasteiger partial charge in [0.15, 0.2) is 0 Å². The Labute approximate surface area is 180 Å². The molecule has 30 heavy (non-hydrogen) atoms. The zero-order valence-corrected chi connectivity index (χ0v) is 17.5. The van der Waals surface area contributed by atoms with E-state index in [1.54, 1.807) is 12.1 Å². The third-order valence-electron chi connectivity index (χ3n) is 7.52. The summed E-state index contributed by atoms with van der Waals surface area (Å²) in [5.41, 5.74) is 5.49. The van der Waals surface area contributed by atoms with Gasteiger partial charge in [0, 0.05) is 16.4 Å². The van der Waals surface area contributed by atoms with Crippen LogP contribution in [-0.4, -0.2) is 11.8 Å². The first-order chi connectivity index (χ1) is 14.5. The first kappa shape index (κ1) is 17.9. The number of anilines is 1. The van der Waals surface area contributed by atoms with Crippen LogP contribution < -0.4 is 4.90 Å². The van der Waals surface area contributed by atoms with E-state index in [9.17, 15) is 9.59 Å². The molecule has 7 rings (SSSR count). The van der Waals surface area contributed by atoms with E-state index < -0.39 is 17.3 Å². The smallest absolute Gasteiger partial charge is 0.238 e. The Hall–Kier alpha value is -2.91. The van der Waals surface area contributed by atoms with Gasteiger partial charge in [-0.2, -0.15) is 0 Å². The fourth-order valence-electron chi connectivity index (χ4n) is 6.23. The molecule has 2 amide bonds. The molecule has 0 spiro atoms. The molecule has 2 bridgehead atoms. The standard InChI is InChI=1S/C26H20ClNO2/c1-14-19(27)12-7-13-20(14)28-24(29)22-21-15-8-3-5-10-17(15)26(2,23(22)25(28)30)18-11-6-4-9-16(18)21/h3-13,21-23H,1-2H3. The molecule has 2 atom stereocenters. The van der Waals surface area contributed by atoms with Gasteiger partial charge in [0.1, 0.15) is 0 Å². The van der Waals surface area contributed by atoms with Crippen LogP contribution in [0.1, 0.15) is 40.7 Å². The highest BCUT2D eigenvalue weighted by Crippen LogP contribution is 2.64. The van der Waals surface area contributed by atoms with Crippen molar-refractivity contribution in [3.63, 3.8) is 0 Å². The Kier molecular flexibility index (Phi) is 3.48. The van der Waals surface area contributed by atoms with Crippen LogP contribution >= 0.6 is 11.6 Å². The zero-order valence-electron chi connectivity index (χ0n) is 16.7. The molecule has 3 aromatic rings. The zero-order chi connectivity index (χ0) is 20.8. The fourth-order valence-corrected chi connectivity index (χ4v) is 6.40. The second kappa shape index (κ2) is 5.83. The van der Waals surface area contributed by atoms with Crippen LogP contribution in [0.5, 0.6) is 0 Å². The molecular weight excluding hydrogens is 394 g/mol. The molecular formula is C26H20ClNO2. The van der Waals surface area contributed by atoms with Crippen molar-refractivity contribution in [2.75, 3.05) is 4.90 Å². The Balaban J connectivity index is 1.63. The van der Waals surface area contributed by atoms with Crippen molar-refractivity contribution < 1.29 is 9.59 Å². The second-order valence-electron chi connectivity index (χ2n) is 8.75. The molecule has 148 valence electrons. The van der Waals surface area contributed by atoms with Crippen LogP contribution in [0.3, 0.4) is 0 Å². The van der Waals surface area contributed by atoms with E-state index in [0.717, 1.165) is 5.56 Å². The number of imide groups is 1. The number of hydrogen-bond donors (Lipinski definition) is 0. The van der Waals surface area contributed by atoms with Crippen LogP contribution in [-0.2, 0) is 15.0 Å². The van der Waals surface area contributed by atoms with E-state index in [-0.39, 0.29) is 17.7 Å². The van der Waals surface area contributed by atoms with Crippen molar-refractivity contribution in [1.29, 1.82) is 0 Å². The van der Waals surface area contributed by atoms with Gasteiger partial charge >= 0.3 is 0 Å². The van der Waals surface area contributed by atoms with Crippen LogP contribution in [0, 0.1) is 18.8 Å². The number of amides is 2. The second-order valence-corrected chi connectivity index (χ2v) is 9.16. The Morgan fingerprint density at radius 1 is 0.833 bits per heavy atom. The van der Waals surface area contributed by atoms with Crippen LogP contribution in [0.15, 0.2) is 66.7 Å². The molecule has 1 saturated heterocycles. The minimum Gasteiger partial charge on any atom is -0.274 e. The summed E-state index contributed by atoms with van der Waals surface area (Å²) in [7, 11) is 0. The highest BCUT2D eigenvalue weighted by molar-refractivity contribution is 6.32. The van der Waals surface area contributed by atoms with Gasteiger partial charge in [-0.1, -0.05) is 73.1 Å². The summed E-state index contributed by atoms with van der Waals surface area (Å²) in [5, 5.41) is 0.559. The third-order valence-corrected chi connectivity index (χ3v) is 7.93.